The number of hydrogen-bond acceptors (Lipinski definition) is 3. The number of pyridine rings is 1. The second kappa shape index (κ2) is 5.51. The molecule has 0 radical (unpaired) electrons. The lowest BCUT2D eigenvalue weighted by atomic mass is 10.1. The van der Waals surface area contributed by atoms with Crippen LogP contribution in [0.25, 0.3) is 0 Å². The summed E-state index contributed by atoms with van der Waals surface area (Å²) < 4.78 is 5.34. The summed E-state index contributed by atoms with van der Waals surface area (Å²) in [4.78, 5) is 4.02. The highest BCUT2D eigenvalue weighted by Crippen LogP contribution is 2.21. The number of morpholine rings is 1. The molecule has 1 aliphatic heterocycles. The predicted molar refractivity (Wildman–Crippen MR) is 58.1 cm³/mol. The van der Waals surface area contributed by atoms with E-state index in [-0.39, 0.29) is 18.4 Å². The molecule has 1 atom stereocenters. The lowest BCUT2D eigenvalue weighted by Crippen LogP contribution is -2.34. The number of nitrogens with zero attached hydrogens (tertiary/aromatic N) is 1. The number of aromatic nitrogens is 1. The van der Waals surface area contributed by atoms with Crippen LogP contribution in [0.15, 0.2) is 18.3 Å². The zero-order valence-corrected chi connectivity index (χ0v) is 9.14. The van der Waals surface area contributed by atoms with Gasteiger partial charge in [-0.1, -0.05) is 17.7 Å². The highest BCUT2D eigenvalue weighted by Gasteiger charge is 2.17. The summed E-state index contributed by atoms with van der Waals surface area (Å²) >= 11 is 5.95. The topological polar surface area (TPSA) is 34.1 Å². The van der Waals surface area contributed by atoms with Crippen LogP contribution in [0, 0.1) is 0 Å². The summed E-state index contributed by atoms with van der Waals surface area (Å²) in [5.74, 6) is 0. The summed E-state index contributed by atoms with van der Waals surface area (Å²) in [6.45, 7) is 2.32. The number of nitrogens with one attached hydrogen (secondary N) is 1. The van der Waals surface area contributed by atoms with E-state index in [2.05, 4.69) is 10.3 Å². The van der Waals surface area contributed by atoms with Gasteiger partial charge in [0.25, 0.3) is 0 Å². The Bertz CT molecular complexity index is 290. The standard InChI is InChI=1S/C9H11ClN2O.ClH/c10-9-7(2-1-3-12-9)8-6-13-5-4-11-8;/h1-3,8,11H,4-6H2;1H/t8-;/m1./s1. The molecule has 0 aliphatic carbocycles. The maximum Gasteiger partial charge on any atom is 0.133 e. The molecule has 1 aliphatic rings. The van der Waals surface area contributed by atoms with Crippen molar-refractivity contribution in [2.75, 3.05) is 19.8 Å². The summed E-state index contributed by atoms with van der Waals surface area (Å²) in [7, 11) is 0. The molecule has 0 amide bonds. The van der Waals surface area contributed by atoms with Gasteiger partial charge < -0.3 is 10.1 Å². The third kappa shape index (κ3) is 2.58. The minimum atomic E-state index is 0. The molecule has 14 heavy (non-hydrogen) atoms. The Kier molecular flexibility index (Phi) is 4.62. The Hall–Kier alpha value is -0.350. The predicted octanol–water partition coefficient (Wildman–Crippen LogP) is 1.82. The van der Waals surface area contributed by atoms with Gasteiger partial charge in [0.05, 0.1) is 19.3 Å². The molecule has 1 aromatic heterocycles. The van der Waals surface area contributed by atoms with Crippen molar-refractivity contribution in [2.24, 2.45) is 0 Å². The number of halogens is 2. The zero-order chi connectivity index (χ0) is 9.10. The molecule has 1 N–H and O–H groups in total. The van der Waals surface area contributed by atoms with Crippen LogP contribution >= 0.6 is 24.0 Å². The van der Waals surface area contributed by atoms with E-state index in [1.807, 2.05) is 12.1 Å². The van der Waals surface area contributed by atoms with Crippen LogP contribution in [0.2, 0.25) is 5.15 Å². The van der Waals surface area contributed by atoms with E-state index >= 15 is 0 Å². The molecule has 5 heteroatoms. The molecule has 1 saturated heterocycles. The van der Waals surface area contributed by atoms with Crippen molar-refractivity contribution in [1.82, 2.24) is 10.3 Å². The zero-order valence-electron chi connectivity index (χ0n) is 7.57. The summed E-state index contributed by atoms with van der Waals surface area (Å²) in [5, 5.41) is 3.89. The van der Waals surface area contributed by atoms with E-state index in [0.717, 1.165) is 18.7 Å². The minimum absolute atomic E-state index is 0. The molecule has 2 rings (SSSR count). The van der Waals surface area contributed by atoms with Gasteiger partial charge in [-0.2, -0.15) is 0 Å². The number of hydrogen-bond donors (Lipinski definition) is 1. The third-order valence-corrected chi connectivity index (χ3v) is 2.40. The van der Waals surface area contributed by atoms with E-state index < -0.39 is 0 Å². The van der Waals surface area contributed by atoms with Gasteiger partial charge in [-0.3, -0.25) is 0 Å². The van der Waals surface area contributed by atoms with Crippen molar-refractivity contribution in [1.29, 1.82) is 0 Å². The highest BCUT2D eigenvalue weighted by molar-refractivity contribution is 6.30. The second-order valence-electron chi connectivity index (χ2n) is 2.97. The van der Waals surface area contributed by atoms with E-state index in [9.17, 15) is 0 Å². The van der Waals surface area contributed by atoms with Crippen LogP contribution < -0.4 is 5.32 Å². The molecule has 1 fully saturated rings. The molecular formula is C9H12Cl2N2O. The first-order valence-electron chi connectivity index (χ1n) is 4.29. The van der Waals surface area contributed by atoms with Gasteiger partial charge in [0, 0.05) is 18.3 Å². The van der Waals surface area contributed by atoms with Crippen molar-refractivity contribution in [3.63, 3.8) is 0 Å². The Morgan fingerprint density at radius 3 is 3.07 bits per heavy atom. The van der Waals surface area contributed by atoms with Crippen molar-refractivity contribution < 1.29 is 4.74 Å². The molecule has 0 aromatic carbocycles. The van der Waals surface area contributed by atoms with Crippen molar-refractivity contribution in [2.45, 2.75) is 6.04 Å². The third-order valence-electron chi connectivity index (χ3n) is 2.09. The molecule has 2 heterocycles. The maximum absolute atomic E-state index is 5.95. The normalized spacial score (nSPS) is 21.4. The average molecular weight is 235 g/mol. The van der Waals surface area contributed by atoms with Crippen molar-refractivity contribution in [3.8, 4) is 0 Å². The van der Waals surface area contributed by atoms with Gasteiger partial charge >= 0.3 is 0 Å². The average Bonchev–Trinajstić information content (AvgIpc) is 2.20. The van der Waals surface area contributed by atoms with E-state index in [1.165, 1.54) is 0 Å². The molecule has 0 spiro atoms. The molecule has 0 saturated carbocycles. The maximum atomic E-state index is 5.95. The molecule has 3 nitrogen and oxygen atoms in total. The van der Waals surface area contributed by atoms with Crippen LogP contribution in [-0.2, 0) is 4.74 Å². The van der Waals surface area contributed by atoms with Crippen LogP contribution in [0.1, 0.15) is 11.6 Å². The minimum Gasteiger partial charge on any atom is -0.378 e. The summed E-state index contributed by atoms with van der Waals surface area (Å²) in [6.07, 6.45) is 1.69. The van der Waals surface area contributed by atoms with Crippen LogP contribution in [0.4, 0.5) is 0 Å². The fourth-order valence-electron chi connectivity index (χ4n) is 1.42. The molecular weight excluding hydrogens is 223 g/mol. The van der Waals surface area contributed by atoms with E-state index in [4.69, 9.17) is 16.3 Å². The lowest BCUT2D eigenvalue weighted by Gasteiger charge is -2.24. The lowest BCUT2D eigenvalue weighted by molar-refractivity contribution is 0.0768. The molecule has 0 bridgehead atoms. The van der Waals surface area contributed by atoms with Crippen molar-refractivity contribution >= 4 is 24.0 Å². The fraction of sp³-hybridized carbons (Fsp3) is 0.444. The van der Waals surface area contributed by atoms with E-state index in [1.54, 1.807) is 6.20 Å². The highest BCUT2D eigenvalue weighted by atomic mass is 35.5. The van der Waals surface area contributed by atoms with Crippen LogP contribution in [0.3, 0.4) is 0 Å². The Balaban J connectivity index is 0.000000980. The first-order chi connectivity index (χ1) is 6.38. The number of rotatable bonds is 1. The van der Waals surface area contributed by atoms with Gasteiger partial charge in [-0.25, -0.2) is 4.98 Å². The van der Waals surface area contributed by atoms with Crippen molar-refractivity contribution in [3.05, 3.63) is 29.0 Å². The van der Waals surface area contributed by atoms with E-state index in [0.29, 0.717) is 11.8 Å². The first kappa shape index (κ1) is 11.7. The van der Waals surface area contributed by atoms with Crippen LogP contribution in [-0.4, -0.2) is 24.7 Å². The van der Waals surface area contributed by atoms with Gasteiger partial charge in [0.1, 0.15) is 5.15 Å². The van der Waals surface area contributed by atoms with Crippen LogP contribution in [0.5, 0.6) is 0 Å². The quantitative estimate of drug-likeness (QED) is 0.754. The first-order valence-corrected chi connectivity index (χ1v) is 4.67. The smallest absolute Gasteiger partial charge is 0.133 e. The SMILES string of the molecule is Cl.Clc1ncccc1[C@H]1COCCN1. The van der Waals surface area contributed by atoms with Gasteiger partial charge in [-0.05, 0) is 6.07 Å². The molecule has 0 unspecified atom stereocenters. The Morgan fingerprint density at radius 2 is 2.43 bits per heavy atom. The van der Waals surface area contributed by atoms with Gasteiger partial charge in [-0.15, -0.1) is 12.4 Å². The molecule has 78 valence electrons. The Morgan fingerprint density at radius 1 is 1.57 bits per heavy atom. The second-order valence-corrected chi connectivity index (χ2v) is 3.32. The van der Waals surface area contributed by atoms with Gasteiger partial charge in [0.15, 0.2) is 0 Å². The summed E-state index contributed by atoms with van der Waals surface area (Å²) in [5.41, 5.74) is 1.02. The monoisotopic (exact) mass is 234 g/mol. The Labute approximate surface area is 94.2 Å². The number of ether oxygens (including phenoxy) is 1. The largest absolute Gasteiger partial charge is 0.378 e. The summed E-state index contributed by atoms with van der Waals surface area (Å²) in [6, 6.07) is 4.05. The fourth-order valence-corrected chi connectivity index (χ4v) is 1.67. The molecule has 1 aromatic rings. The van der Waals surface area contributed by atoms with Gasteiger partial charge in [0.2, 0.25) is 0 Å².